The number of nitrogens with zero attached hydrogens (tertiary/aromatic N) is 2. The number of anilines is 1. The van der Waals surface area contributed by atoms with E-state index in [1.54, 1.807) is 12.1 Å². The Bertz CT molecular complexity index is 752. The molecule has 0 atom stereocenters. The quantitative estimate of drug-likeness (QED) is 0.695. The van der Waals surface area contributed by atoms with Crippen molar-refractivity contribution in [2.45, 2.75) is 6.61 Å². The number of hydrogen-bond donors (Lipinski definition) is 1. The average Bonchev–Trinajstić information content (AvgIpc) is 2.71. The highest BCUT2D eigenvalue weighted by atomic mass is 19.3. The van der Waals surface area contributed by atoms with E-state index in [4.69, 9.17) is 4.74 Å². The molecule has 1 heterocycles. The van der Waals surface area contributed by atoms with Crippen LogP contribution in [0, 0.1) is 0 Å². The summed E-state index contributed by atoms with van der Waals surface area (Å²) in [7, 11) is 0. The van der Waals surface area contributed by atoms with Crippen molar-refractivity contribution < 1.29 is 23.0 Å². The fourth-order valence-electron chi connectivity index (χ4n) is 3.10. The number of piperazine rings is 1. The van der Waals surface area contributed by atoms with Gasteiger partial charge in [0.2, 0.25) is 5.91 Å². The van der Waals surface area contributed by atoms with E-state index in [0.717, 1.165) is 38.5 Å². The van der Waals surface area contributed by atoms with Crippen LogP contribution in [-0.2, 0) is 4.79 Å². The molecule has 29 heavy (non-hydrogen) atoms. The molecule has 0 bridgehead atoms. The standard InChI is InChI=1S/C21H25F2N3O3/c22-21(23)29-19-8-6-17(7-9-19)24-20(27)16-26-12-10-25(11-13-26)14-15-28-18-4-2-1-3-5-18/h1-9,21H,10-16H2,(H,24,27). The first-order valence-electron chi connectivity index (χ1n) is 9.56. The third kappa shape index (κ3) is 7.32. The molecule has 8 heteroatoms. The van der Waals surface area contributed by atoms with Gasteiger partial charge < -0.3 is 14.8 Å². The normalized spacial score (nSPS) is 15.3. The Balaban J connectivity index is 1.33. The zero-order chi connectivity index (χ0) is 20.5. The van der Waals surface area contributed by atoms with Crippen molar-refractivity contribution in [3.8, 4) is 11.5 Å². The van der Waals surface area contributed by atoms with Crippen LogP contribution in [0.1, 0.15) is 0 Å². The van der Waals surface area contributed by atoms with Crippen molar-refractivity contribution >= 4 is 11.6 Å². The lowest BCUT2D eigenvalue weighted by Crippen LogP contribution is -2.49. The third-order valence-corrected chi connectivity index (χ3v) is 4.61. The fourth-order valence-corrected chi connectivity index (χ4v) is 3.10. The largest absolute Gasteiger partial charge is 0.492 e. The molecule has 156 valence electrons. The van der Waals surface area contributed by atoms with E-state index in [2.05, 4.69) is 19.9 Å². The van der Waals surface area contributed by atoms with Crippen LogP contribution >= 0.6 is 0 Å². The number of rotatable bonds is 9. The van der Waals surface area contributed by atoms with Crippen LogP contribution in [0.3, 0.4) is 0 Å². The zero-order valence-corrected chi connectivity index (χ0v) is 16.1. The Morgan fingerprint density at radius 1 is 0.931 bits per heavy atom. The summed E-state index contributed by atoms with van der Waals surface area (Å²) in [5, 5.41) is 2.78. The van der Waals surface area contributed by atoms with Gasteiger partial charge >= 0.3 is 6.61 Å². The predicted octanol–water partition coefficient (Wildman–Crippen LogP) is 2.92. The minimum absolute atomic E-state index is 0.0605. The molecule has 0 radical (unpaired) electrons. The second kappa shape index (κ2) is 10.7. The first-order chi connectivity index (χ1) is 14.1. The van der Waals surface area contributed by atoms with Gasteiger partial charge in [-0.2, -0.15) is 8.78 Å². The minimum Gasteiger partial charge on any atom is -0.492 e. The van der Waals surface area contributed by atoms with Crippen LogP contribution in [0.5, 0.6) is 11.5 Å². The van der Waals surface area contributed by atoms with Crippen molar-refractivity contribution in [1.29, 1.82) is 0 Å². The Hall–Kier alpha value is -2.71. The van der Waals surface area contributed by atoms with Crippen molar-refractivity contribution in [3.05, 3.63) is 54.6 Å². The maximum absolute atomic E-state index is 12.2. The van der Waals surface area contributed by atoms with Gasteiger partial charge in [-0.15, -0.1) is 0 Å². The van der Waals surface area contributed by atoms with E-state index in [1.165, 1.54) is 12.1 Å². The number of hydrogen-bond acceptors (Lipinski definition) is 5. The Kier molecular flexibility index (Phi) is 7.77. The number of amides is 1. The van der Waals surface area contributed by atoms with E-state index in [-0.39, 0.29) is 11.7 Å². The second-order valence-corrected chi connectivity index (χ2v) is 6.73. The zero-order valence-electron chi connectivity index (χ0n) is 16.1. The highest BCUT2D eigenvalue weighted by molar-refractivity contribution is 5.92. The molecule has 0 saturated carbocycles. The number of carbonyl (C=O) groups excluding carboxylic acids is 1. The molecule has 0 aromatic heterocycles. The van der Waals surface area contributed by atoms with Crippen LogP contribution in [-0.4, -0.2) is 68.2 Å². The molecular weight excluding hydrogens is 380 g/mol. The molecule has 0 spiro atoms. The van der Waals surface area contributed by atoms with Crippen molar-refractivity contribution in [2.75, 3.05) is 51.2 Å². The van der Waals surface area contributed by atoms with Gasteiger partial charge in [0.05, 0.1) is 6.54 Å². The van der Waals surface area contributed by atoms with Crippen LogP contribution in [0.4, 0.5) is 14.5 Å². The van der Waals surface area contributed by atoms with Crippen LogP contribution in [0.25, 0.3) is 0 Å². The van der Waals surface area contributed by atoms with E-state index in [9.17, 15) is 13.6 Å². The van der Waals surface area contributed by atoms with Gasteiger partial charge in [-0.3, -0.25) is 14.6 Å². The number of para-hydroxylation sites is 1. The molecular formula is C21H25F2N3O3. The van der Waals surface area contributed by atoms with Gasteiger partial charge in [-0.05, 0) is 36.4 Å². The van der Waals surface area contributed by atoms with Crippen LogP contribution in [0.15, 0.2) is 54.6 Å². The number of ether oxygens (including phenoxy) is 2. The summed E-state index contributed by atoms with van der Waals surface area (Å²) in [6.45, 7) is 2.29. The van der Waals surface area contributed by atoms with Gasteiger partial charge in [-0.1, -0.05) is 18.2 Å². The lowest BCUT2D eigenvalue weighted by molar-refractivity contribution is -0.117. The average molecular weight is 405 g/mol. The molecule has 1 N–H and O–H groups in total. The summed E-state index contributed by atoms with van der Waals surface area (Å²) in [4.78, 5) is 16.6. The monoisotopic (exact) mass is 405 g/mol. The minimum atomic E-state index is -2.86. The van der Waals surface area contributed by atoms with Crippen molar-refractivity contribution in [1.82, 2.24) is 9.80 Å². The molecule has 1 aliphatic heterocycles. The van der Waals surface area contributed by atoms with Gasteiger partial charge in [-0.25, -0.2) is 0 Å². The maximum atomic E-state index is 12.2. The highest BCUT2D eigenvalue weighted by Crippen LogP contribution is 2.17. The summed E-state index contributed by atoms with van der Waals surface area (Å²) >= 11 is 0. The highest BCUT2D eigenvalue weighted by Gasteiger charge is 2.19. The second-order valence-electron chi connectivity index (χ2n) is 6.73. The van der Waals surface area contributed by atoms with E-state index >= 15 is 0 Å². The first-order valence-corrected chi connectivity index (χ1v) is 9.56. The molecule has 0 aliphatic carbocycles. The van der Waals surface area contributed by atoms with Gasteiger partial charge in [0.1, 0.15) is 18.1 Å². The SMILES string of the molecule is O=C(CN1CCN(CCOc2ccccc2)CC1)Nc1ccc(OC(F)F)cc1. The third-order valence-electron chi connectivity index (χ3n) is 4.61. The number of benzene rings is 2. The number of nitrogens with one attached hydrogen (secondary N) is 1. The molecule has 0 unspecified atom stereocenters. The topological polar surface area (TPSA) is 54.0 Å². The summed E-state index contributed by atoms with van der Waals surface area (Å²) in [6.07, 6.45) is 0. The Labute approximate surface area is 169 Å². The summed E-state index contributed by atoms with van der Waals surface area (Å²) in [5.74, 6) is 0.801. The van der Waals surface area contributed by atoms with Crippen molar-refractivity contribution in [2.24, 2.45) is 0 Å². The van der Waals surface area contributed by atoms with Gasteiger partial charge in [0.25, 0.3) is 0 Å². The van der Waals surface area contributed by atoms with E-state index < -0.39 is 6.61 Å². The Morgan fingerprint density at radius 2 is 1.59 bits per heavy atom. The van der Waals surface area contributed by atoms with Crippen LogP contribution < -0.4 is 14.8 Å². The molecule has 1 saturated heterocycles. The molecule has 2 aromatic rings. The molecule has 6 nitrogen and oxygen atoms in total. The first kappa shape index (κ1) is 21.0. The van der Waals surface area contributed by atoms with Gasteiger partial charge in [0.15, 0.2) is 0 Å². The van der Waals surface area contributed by atoms with Crippen LogP contribution in [0.2, 0.25) is 0 Å². The molecule has 1 aliphatic rings. The summed E-state index contributed by atoms with van der Waals surface area (Å²) in [6, 6.07) is 15.6. The lowest BCUT2D eigenvalue weighted by atomic mass is 10.3. The van der Waals surface area contributed by atoms with E-state index in [0.29, 0.717) is 18.8 Å². The molecule has 1 amide bonds. The predicted molar refractivity (Wildman–Crippen MR) is 107 cm³/mol. The fraction of sp³-hybridized carbons (Fsp3) is 0.381. The van der Waals surface area contributed by atoms with E-state index in [1.807, 2.05) is 30.3 Å². The number of halogens is 2. The van der Waals surface area contributed by atoms with Crippen molar-refractivity contribution in [3.63, 3.8) is 0 Å². The maximum Gasteiger partial charge on any atom is 0.387 e. The van der Waals surface area contributed by atoms with Gasteiger partial charge in [0, 0.05) is 38.4 Å². The Morgan fingerprint density at radius 3 is 2.24 bits per heavy atom. The molecule has 1 fully saturated rings. The number of alkyl halides is 2. The lowest BCUT2D eigenvalue weighted by Gasteiger charge is -2.34. The summed E-state index contributed by atoms with van der Waals surface area (Å²) in [5.41, 5.74) is 0.549. The smallest absolute Gasteiger partial charge is 0.387 e. The molecule has 3 rings (SSSR count). The summed E-state index contributed by atoms with van der Waals surface area (Å²) < 4.78 is 34.3. The number of carbonyl (C=O) groups is 1. The molecule has 2 aromatic carbocycles.